The van der Waals surface area contributed by atoms with Crippen LogP contribution >= 0.6 is 0 Å². The number of benzene rings is 1. The molecule has 0 bridgehead atoms. The fourth-order valence-electron chi connectivity index (χ4n) is 1.22. The van der Waals surface area contributed by atoms with Crippen molar-refractivity contribution < 1.29 is 19.4 Å². The number of carbonyl (C=O) groups is 1. The third kappa shape index (κ3) is 3.52. The van der Waals surface area contributed by atoms with Crippen molar-refractivity contribution in [2.75, 3.05) is 20.3 Å². The SMILES string of the molecule is COC[C@H](O)COc1ccccc1C(N)=O. The Bertz CT molecular complexity index is 354. The Kier molecular flexibility index (Phi) is 4.75. The van der Waals surface area contributed by atoms with Crippen molar-refractivity contribution in [3.05, 3.63) is 29.8 Å². The number of ether oxygens (including phenoxy) is 2. The van der Waals surface area contributed by atoms with Gasteiger partial charge in [0.05, 0.1) is 12.2 Å². The van der Waals surface area contributed by atoms with E-state index in [1.807, 2.05) is 0 Å². The zero-order valence-electron chi connectivity index (χ0n) is 9.05. The lowest BCUT2D eigenvalue weighted by atomic mass is 10.2. The van der Waals surface area contributed by atoms with Crippen molar-refractivity contribution in [3.8, 4) is 5.75 Å². The molecule has 0 aliphatic heterocycles. The fraction of sp³-hybridized carbons (Fsp3) is 0.364. The molecule has 0 aliphatic rings. The van der Waals surface area contributed by atoms with Crippen molar-refractivity contribution >= 4 is 5.91 Å². The Morgan fingerprint density at radius 2 is 2.12 bits per heavy atom. The second-order valence-electron chi connectivity index (χ2n) is 3.28. The Labute approximate surface area is 93.8 Å². The van der Waals surface area contributed by atoms with E-state index in [2.05, 4.69) is 0 Å². The summed E-state index contributed by atoms with van der Waals surface area (Å²) in [5.74, 6) is -0.193. The first-order chi connectivity index (χ1) is 7.65. The number of methoxy groups -OCH3 is 1. The summed E-state index contributed by atoms with van der Waals surface area (Å²) in [7, 11) is 1.49. The Balaban J connectivity index is 2.63. The summed E-state index contributed by atoms with van der Waals surface area (Å²) in [6.45, 7) is 0.233. The normalized spacial score (nSPS) is 12.1. The highest BCUT2D eigenvalue weighted by Crippen LogP contribution is 2.17. The predicted molar refractivity (Wildman–Crippen MR) is 58.3 cm³/mol. The summed E-state index contributed by atoms with van der Waals surface area (Å²) in [4.78, 5) is 11.0. The fourth-order valence-corrected chi connectivity index (χ4v) is 1.22. The van der Waals surface area contributed by atoms with Crippen LogP contribution in [0.4, 0.5) is 0 Å². The number of hydrogen-bond donors (Lipinski definition) is 2. The first kappa shape index (κ1) is 12.5. The molecule has 88 valence electrons. The average Bonchev–Trinajstić information content (AvgIpc) is 2.27. The van der Waals surface area contributed by atoms with Crippen LogP contribution in [0.5, 0.6) is 5.75 Å². The van der Waals surface area contributed by atoms with E-state index in [0.717, 1.165) is 0 Å². The summed E-state index contributed by atoms with van der Waals surface area (Å²) in [5, 5.41) is 9.37. The third-order valence-corrected chi connectivity index (χ3v) is 1.94. The molecule has 1 aromatic carbocycles. The Morgan fingerprint density at radius 3 is 2.75 bits per heavy atom. The van der Waals surface area contributed by atoms with E-state index in [-0.39, 0.29) is 13.2 Å². The molecule has 0 heterocycles. The van der Waals surface area contributed by atoms with Crippen LogP contribution in [-0.2, 0) is 4.74 Å². The van der Waals surface area contributed by atoms with E-state index < -0.39 is 12.0 Å². The number of carbonyl (C=O) groups excluding carboxylic acids is 1. The van der Waals surface area contributed by atoms with Gasteiger partial charge in [-0.1, -0.05) is 12.1 Å². The minimum Gasteiger partial charge on any atom is -0.490 e. The van der Waals surface area contributed by atoms with Crippen molar-refractivity contribution in [1.29, 1.82) is 0 Å². The number of rotatable bonds is 6. The number of aliphatic hydroxyl groups excluding tert-OH is 1. The number of aliphatic hydroxyl groups is 1. The molecule has 5 heteroatoms. The van der Waals surface area contributed by atoms with Gasteiger partial charge in [0.1, 0.15) is 18.5 Å². The van der Waals surface area contributed by atoms with Gasteiger partial charge in [-0.05, 0) is 12.1 Å². The van der Waals surface area contributed by atoms with Gasteiger partial charge < -0.3 is 20.3 Å². The molecule has 0 saturated carbocycles. The van der Waals surface area contributed by atoms with Crippen LogP contribution in [0.25, 0.3) is 0 Å². The van der Waals surface area contributed by atoms with Gasteiger partial charge in [0.2, 0.25) is 0 Å². The number of hydrogen-bond acceptors (Lipinski definition) is 4. The Morgan fingerprint density at radius 1 is 1.44 bits per heavy atom. The number of amides is 1. The van der Waals surface area contributed by atoms with Gasteiger partial charge >= 0.3 is 0 Å². The number of nitrogens with two attached hydrogens (primary N) is 1. The highest BCUT2D eigenvalue weighted by molar-refractivity contribution is 5.95. The number of primary amides is 1. The maximum atomic E-state index is 11.0. The molecule has 1 atom stereocenters. The smallest absolute Gasteiger partial charge is 0.252 e. The maximum Gasteiger partial charge on any atom is 0.252 e. The zero-order chi connectivity index (χ0) is 12.0. The molecule has 5 nitrogen and oxygen atoms in total. The van der Waals surface area contributed by atoms with Crippen LogP contribution in [0, 0.1) is 0 Å². The van der Waals surface area contributed by atoms with Gasteiger partial charge in [-0.25, -0.2) is 0 Å². The van der Waals surface area contributed by atoms with Crippen molar-refractivity contribution in [3.63, 3.8) is 0 Å². The van der Waals surface area contributed by atoms with E-state index in [4.69, 9.17) is 15.2 Å². The summed E-state index contributed by atoms with van der Waals surface area (Å²) in [6.07, 6.45) is -0.731. The second-order valence-corrected chi connectivity index (χ2v) is 3.28. The minimum absolute atomic E-state index is 0.0537. The molecular weight excluding hydrogens is 210 g/mol. The van der Waals surface area contributed by atoms with Gasteiger partial charge in [-0.15, -0.1) is 0 Å². The molecule has 0 radical (unpaired) electrons. The largest absolute Gasteiger partial charge is 0.490 e. The van der Waals surface area contributed by atoms with Crippen molar-refractivity contribution in [2.45, 2.75) is 6.10 Å². The highest BCUT2D eigenvalue weighted by Gasteiger charge is 2.10. The Hall–Kier alpha value is -1.59. The zero-order valence-corrected chi connectivity index (χ0v) is 9.05. The second kappa shape index (κ2) is 6.09. The van der Waals surface area contributed by atoms with Crippen LogP contribution in [-0.4, -0.2) is 37.4 Å². The molecule has 0 spiro atoms. The van der Waals surface area contributed by atoms with E-state index >= 15 is 0 Å². The molecular formula is C11H15NO4. The van der Waals surface area contributed by atoms with Crippen molar-refractivity contribution in [2.24, 2.45) is 5.73 Å². The molecule has 0 unspecified atom stereocenters. The molecule has 1 aromatic rings. The molecule has 1 rings (SSSR count). The van der Waals surface area contributed by atoms with E-state index in [1.165, 1.54) is 7.11 Å². The summed E-state index contributed by atoms with van der Waals surface area (Å²) in [6, 6.07) is 6.61. The third-order valence-electron chi connectivity index (χ3n) is 1.94. The summed E-state index contributed by atoms with van der Waals surface area (Å²) >= 11 is 0. The standard InChI is InChI=1S/C11H15NO4/c1-15-6-8(13)7-16-10-5-3-2-4-9(10)11(12)14/h2-5,8,13H,6-7H2,1H3,(H2,12,14)/t8-/m0/s1. The minimum atomic E-state index is -0.731. The molecule has 0 aromatic heterocycles. The van der Waals surface area contributed by atoms with Crippen LogP contribution in [0.2, 0.25) is 0 Å². The van der Waals surface area contributed by atoms with Crippen LogP contribution in [0.15, 0.2) is 24.3 Å². The monoisotopic (exact) mass is 225 g/mol. The van der Waals surface area contributed by atoms with Crippen molar-refractivity contribution in [1.82, 2.24) is 0 Å². The molecule has 3 N–H and O–H groups in total. The van der Waals surface area contributed by atoms with Gasteiger partial charge in [0.15, 0.2) is 0 Å². The lowest BCUT2D eigenvalue weighted by molar-refractivity contribution is 0.0323. The predicted octanol–water partition coefficient (Wildman–Crippen LogP) is 0.172. The topological polar surface area (TPSA) is 81.8 Å². The average molecular weight is 225 g/mol. The summed E-state index contributed by atoms with van der Waals surface area (Å²) in [5.41, 5.74) is 5.47. The first-order valence-corrected chi connectivity index (χ1v) is 4.83. The van der Waals surface area contributed by atoms with Crippen LogP contribution in [0.3, 0.4) is 0 Å². The number of para-hydroxylation sites is 1. The van der Waals surface area contributed by atoms with Crippen LogP contribution in [0.1, 0.15) is 10.4 Å². The first-order valence-electron chi connectivity index (χ1n) is 4.83. The van der Waals surface area contributed by atoms with E-state index in [9.17, 15) is 9.90 Å². The maximum absolute atomic E-state index is 11.0. The van der Waals surface area contributed by atoms with Crippen LogP contribution < -0.4 is 10.5 Å². The molecule has 0 saturated heterocycles. The van der Waals surface area contributed by atoms with Gasteiger partial charge in [0, 0.05) is 7.11 Å². The highest BCUT2D eigenvalue weighted by atomic mass is 16.5. The van der Waals surface area contributed by atoms with Gasteiger partial charge in [-0.2, -0.15) is 0 Å². The molecule has 1 amide bonds. The lowest BCUT2D eigenvalue weighted by Gasteiger charge is -2.13. The molecule has 0 aliphatic carbocycles. The molecule has 0 fully saturated rings. The van der Waals surface area contributed by atoms with Gasteiger partial charge in [0.25, 0.3) is 5.91 Å². The van der Waals surface area contributed by atoms with E-state index in [0.29, 0.717) is 11.3 Å². The molecule has 16 heavy (non-hydrogen) atoms. The van der Waals surface area contributed by atoms with E-state index in [1.54, 1.807) is 24.3 Å². The summed E-state index contributed by atoms with van der Waals surface area (Å²) < 4.78 is 10.0. The quantitative estimate of drug-likeness (QED) is 0.723. The van der Waals surface area contributed by atoms with Gasteiger partial charge in [-0.3, -0.25) is 4.79 Å². The lowest BCUT2D eigenvalue weighted by Crippen LogP contribution is -2.23.